The Kier molecular flexibility index (Phi) is 6.44. The van der Waals surface area contributed by atoms with Gasteiger partial charge in [-0.3, -0.25) is 4.79 Å². The Balaban J connectivity index is 1.10. The summed E-state index contributed by atoms with van der Waals surface area (Å²) >= 11 is 0. The molecule has 2 aliphatic heterocycles. The zero-order valence-electron chi connectivity index (χ0n) is 20.7. The van der Waals surface area contributed by atoms with Crippen LogP contribution in [0.5, 0.6) is 5.75 Å². The van der Waals surface area contributed by atoms with Gasteiger partial charge in [-0.1, -0.05) is 12.1 Å². The average Bonchev–Trinajstić information content (AvgIpc) is 3.63. The molecule has 0 saturated carbocycles. The number of likely N-dealkylation sites (tertiary alicyclic amines) is 2. The largest absolute Gasteiger partial charge is 0.480 e. The SMILES string of the molecule is Nc1ncc(-c2ccc(C(=O)N3CCC(N4CCCC4)CC3)cc2)cc1OCc1nc2ncccc2o1. The Bertz CT molecular complexity index is 1360. The number of hydrogen-bond acceptors (Lipinski definition) is 8. The normalized spacial score (nSPS) is 16.9. The van der Waals surface area contributed by atoms with Crippen LogP contribution in [0.25, 0.3) is 22.4 Å². The first-order valence-corrected chi connectivity index (χ1v) is 12.9. The molecular formula is C28H30N6O3. The van der Waals surface area contributed by atoms with E-state index in [1.807, 2.05) is 35.2 Å². The first-order valence-electron chi connectivity index (χ1n) is 12.9. The van der Waals surface area contributed by atoms with Crippen LogP contribution in [0, 0.1) is 0 Å². The summed E-state index contributed by atoms with van der Waals surface area (Å²) in [7, 11) is 0. The van der Waals surface area contributed by atoms with E-state index in [4.69, 9.17) is 14.9 Å². The molecule has 2 fully saturated rings. The van der Waals surface area contributed by atoms with Crippen LogP contribution in [0.1, 0.15) is 41.9 Å². The number of carbonyl (C=O) groups excluding carboxylic acids is 1. The average molecular weight is 499 g/mol. The van der Waals surface area contributed by atoms with Gasteiger partial charge in [-0.15, -0.1) is 0 Å². The molecule has 6 rings (SSSR count). The predicted octanol–water partition coefficient (Wildman–Crippen LogP) is 4.15. The van der Waals surface area contributed by atoms with Gasteiger partial charge in [0.1, 0.15) is 0 Å². The topological polar surface area (TPSA) is 111 Å². The van der Waals surface area contributed by atoms with Crippen molar-refractivity contribution in [3.63, 3.8) is 0 Å². The first kappa shape index (κ1) is 23.4. The van der Waals surface area contributed by atoms with Gasteiger partial charge in [0.15, 0.2) is 29.4 Å². The number of pyridine rings is 2. The van der Waals surface area contributed by atoms with E-state index in [0.29, 0.717) is 34.5 Å². The highest BCUT2D eigenvalue weighted by molar-refractivity contribution is 5.94. The number of carbonyl (C=O) groups is 1. The summed E-state index contributed by atoms with van der Waals surface area (Å²) in [6, 6.07) is 13.7. The van der Waals surface area contributed by atoms with E-state index in [2.05, 4.69) is 19.9 Å². The first-order chi connectivity index (χ1) is 18.1. The Morgan fingerprint density at radius 2 is 1.81 bits per heavy atom. The lowest BCUT2D eigenvalue weighted by Crippen LogP contribution is -2.45. The van der Waals surface area contributed by atoms with Crippen molar-refractivity contribution < 1.29 is 13.9 Å². The highest BCUT2D eigenvalue weighted by Crippen LogP contribution is 2.29. The zero-order chi connectivity index (χ0) is 25.2. The molecule has 2 saturated heterocycles. The van der Waals surface area contributed by atoms with Gasteiger partial charge in [-0.25, -0.2) is 9.97 Å². The molecule has 1 amide bonds. The monoisotopic (exact) mass is 498 g/mol. The second-order valence-electron chi connectivity index (χ2n) is 9.67. The number of rotatable bonds is 6. The van der Waals surface area contributed by atoms with E-state index in [9.17, 15) is 4.79 Å². The highest BCUT2D eigenvalue weighted by atomic mass is 16.5. The molecule has 5 heterocycles. The minimum Gasteiger partial charge on any atom is -0.480 e. The fraction of sp³-hybridized carbons (Fsp3) is 0.357. The lowest BCUT2D eigenvalue weighted by atomic mass is 10.0. The van der Waals surface area contributed by atoms with Crippen LogP contribution in [-0.4, -0.2) is 62.9 Å². The highest BCUT2D eigenvalue weighted by Gasteiger charge is 2.28. The molecule has 9 heteroatoms. The third kappa shape index (κ3) is 4.99. The number of amides is 1. The molecule has 0 atom stereocenters. The van der Waals surface area contributed by atoms with Crippen molar-refractivity contribution in [1.29, 1.82) is 0 Å². The Morgan fingerprint density at radius 3 is 2.57 bits per heavy atom. The molecule has 1 aromatic carbocycles. The Morgan fingerprint density at radius 1 is 1.03 bits per heavy atom. The molecule has 0 unspecified atom stereocenters. The molecule has 9 nitrogen and oxygen atoms in total. The van der Waals surface area contributed by atoms with Crippen molar-refractivity contribution in [1.82, 2.24) is 24.8 Å². The summed E-state index contributed by atoms with van der Waals surface area (Å²) in [6.07, 6.45) is 8.09. The number of oxazole rings is 1. The van der Waals surface area contributed by atoms with Gasteiger partial charge in [0.05, 0.1) is 0 Å². The number of fused-ring (bicyclic) bond motifs is 1. The number of nitrogens with zero attached hydrogens (tertiary/aromatic N) is 5. The van der Waals surface area contributed by atoms with E-state index >= 15 is 0 Å². The molecule has 37 heavy (non-hydrogen) atoms. The summed E-state index contributed by atoms with van der Waals surface area (Å²) in [5.74, 6) is 1.22. The van der Waals surface area contributed by atoms with E-state index in [1.54, 1.807) is 24.5 Å². The van der Waals surface area contributed by atoms with E-state index in [0.717, 1.165) is 37.1 Å². The maximum atomic E-state index is 13.1. The van der Waals surface area contributed by atoms with E-state index in [-0.39, 0.29) is 18.3 Å². The summed E-state index contributed by atoms with van der Waals surface area (Å²) in [5.41, 5.74) is 9.65. The van der Waals surface area contributed by atoms with Gasteiger partial charge in [0.2, 0.25) is 5.89 Å². The van der Waals surface area contributed by atoms with Crippen LogP contribution in [0.2, 0.25) is 0 Å². The van der Waals surface area contributed by atoms with Crippen LogP contribution in [0.4, 0.5) is 5.82 Å². The number of ether oxygens (including phenoxy) is 1. The number of nitrogens with two attached hydrogens (primary N) is 1. The minimum atomic E-state index is 0.0960. The minimum absolute atomic E-state index is 0.0960. The molecule has 2 aliphatic rings. The van der Waals surface area contributed by atoms with E-state index < -0.39 is 0 Å². The molecule has 0 radical (unpaired) electrons. The van der Waals surface area contributed by atoms with Gasteiger partial charge < -0.3 is 24.7 Å². The van der Waals surface area contributed by atoms with Crippen LogP contribution in [-0.2, 0) is 6.61 Å². The Hall–Kier alpha value is -3.98. The van der Waals surface area contributed by atoms with Crippen molar-refractivity contribution in [2.24, 2.45) is 0 Å². The fourth-order valence-corrected chi connectivity index (χ4v) is 5.27. The summed E-state index contributed by atoms with van der Waals surface area (Å²) in [5, 5.41) is 0. The van der Waals surface area contributed by atoms with Gasteiger partial charge >= 0.3 is 0 Å². The van der Waals surface area contributed by atoms with Crippen LogP contribution in [0.15, 0.2) is 59.3 Å². The molecule has 2 N–H and O–H groups in total. The number of anilines is 1. The Labute approximate surface area is 215 Å². The van der Waals surface area contributed by atoms with Crippen molar-refractivity contribution in [2.45, 2.75) is 38.3 Å². The van der Waals surface area contributed by atoms with Crippen molar-refractivity contribution >= 4 is 23.0 Å². The standard InChI is InChI=1S/C28H30N6O3/c29-26-24(36-18-25-32-27-23(37-25)4-3-11-30-27)16-21(17-31-26)19-5-7-20(8-6-19)28(35)34-14-9-22(10-15-34)33-12-1-2-13-33/h3-8,11,16-17,22H,1-2,9-10,12-15,18H2,(H2,29,31). The van der Waals surface area contributed by atoms with Crippen molar-refractivity contribution in [3.05, 3.63) is 66.3 Å². The number of nitrogen functional groups attached to an aromatic ring is 1. The van der Waals surface area contributed by atoms with Crippen LogP contribution < -0.4 is 10.5 Å². The van der Waals surface area contributed by atoms with Crippen molar-refractivity contribution in [2.75, 3.05) is 31.9 Å². The lowest BCUT2D eigenvalue weighted by Gasteiger charge is -2.36. The molecule has 190 valence electrons. The van der Waals surface area contributed by atoms with Gasteiger partial charge in [0, 0.05) is 42.7 Å². The van der Waals surface area contributed by atoms with Gasteiger partial charge in [0.25, 0.3) is 5.91 Å². The molecule has 0 spiro atoms. The van der Waals surface area contributed by atoms with Crippen LogP contribution in [0.3, 0.4) is 0 Å². The fourth-order valence-electron chi connectivity index (χ4n) is 5.27. The predicted molar refractivity (Wildman–Crippen MR) is 140 cm³/mol. The number of benzene rings is 1. The number of piperidine rings is 1. The second-order valence-corrected chi connectivity index (χ2v) is 9.67. The lowest BCUT2D eigenvalue weighted by molar-refractivity contribution is 0.0644. The van der Waals surface area contributed by atoms with Gasteiger partial charge in [-0.2, -0.15) is 4.98 Å². The smallest absolute Gasteiger partial charge is 0.253 e. The summed E-state index contributed by atoms with van der Waals surface area (Å²) in [6.45, 7) is 4.16. The van der Waals surface area contributed by atoms with Crippen LogP contribution >= 0.6 is 0 Å². The zero-order valence-corrected chi connectivity index (χ0v) is 20.7. The maximum Gasteiger partial charge on any atom is 0.253 e. The number of aromatic nitrogens is 3. The van der Waals surface area contributed by atoms with Gasteiger partial charge in [-0.05, 0) is 74.7 Å². The number of hydrogen-bond donors (Lipinski definition) is 1. The molecular weight excluding hydrogens is 468 g/mol. The molecule has 0 aliphatic carbocycles. The maximum absolute atomic E-state index is 13.1. The molecule has 0 bridgehead atoms. The van der Waals surface area contributed by atoms with Crippen molar-refractivity contribution in [3.8, 4) is 16.9 Å². The second kappa shape index (κ2) is 10.2. The van der Waals surface area contributed by atoms with E-state index in [1.165, 1.54) is 25.9 Å². The quantitative estimate of drug-likeness (QED) is 0.422. The summed E-state index contributed by atoms with van der Waals surface area (Å²) in [4.78, 5) is 30.5. The third-order valence-electron chi connectivity index (χ3n) is 7.32. The third-order valence-corrected chi connectivity index (χ3v) is 7.32. The molecule has 3 aromatic heterocycles. The summed E-state index contributed by atoms with van der Waals surface area (Å²) < 4.78 is 11.5. The molecule has 4 aromatic rings.